The molecule has 7 heteroatoms. The van der Waals surface area contributed by atoms with Crippen molar-refractivity contribution >= 4 is 41.3 Å². The van der Waals surface area contributed by atoms with Crippen LogP contribution in [0, 0.1) is 5.82 Å². The van der Waals surface area contributed by atoms with E-state index >= 15 is 0 Å². The number of thiophene rings is 1. The highest BCUT2D eigenvalue weighted by Crippen LogP contribution is 2.16. The fourth-order valence-electron chi connectivity index (χ4n) is 1.92. The first-order valence-corrected chi connectivity index (χ1v) is 8.09. The highest BCUT2D eigenvalue weighted by molar-refractivity contribution is 14.0. The molecule has 1 heterocycles. The zero-order valence-electron chi connectivity index (χ0n) is 12.9. The van der Waals surface area contributed by atoms with Crippen LogP contribution in [0.4, 0.5) is 4.39 Å². The van der Waals surface area contributed by atoms with Crippen LogP contribution in [0.1, 0.15) is 17.4 Å². The molecule has 0 radical (unpaired) electrons. The van der Waals surface area contributed by atoms with E-state index in [4.69, 9.17) is 0 Å². The summed E-state index contributed by atoms with van der Waals surface area (Å²) in [6.45, 7) is 3.90. The number of guanidine groups is 1. The summed E-state index contributed by atoms with van der Waals surface area (Å²) in [6.07, 6.45) is 0.940. The maximum atomic E-state index is 13.3. The Morgan fingerprint density at radius 3 is 2.78 bits per heavy atom. The summed E-state index contributed by atoms with van der Waals surface area (Å²) in [5, 5.41) is 17.7. The third-order valence-corrected chi connectivity index (χ3v) is 3.96. The molecular formula is C16H21FIN3OS. The van der Waals surface area contributed by atoms with Gasteiger partial charge in [0.15, 0.2) is 17.5 Å². The first-order chi connectivity index (χ1) is 10.7. The van der Waals surface area contributed by atoms with E-state index in [0.717, 1.165) is 19.5 Å². The Morgan fingerprint density at radius 1 is 1.30 bits per heavy atom. The number of hydrogen-bond acceptors (Lipinski definition) is 3. The molecule has 2 rings (SSSR count). The second kappa shape index (κ2) is 10.4. The molecule has 3 N–H and O–H groups in total. The van der Waals surface area contributed by atoms with Gasteiger partial charge in [0, 0.05) is 18.0 Å². The van der Waals surface area contributed by atoms with E-state index in [0.29, 0.717) is 18.1 Å². The summed E-state index contributed by atoms with van der Waals surface area (Å²) in [6, 6.07) is 8.46. The number of aliphatic imine (C=N–C) groups is 1. The smallest absolute Gasteiger partial charge is 0.191 e. The lowest BCUT2D eigenvalue weighted by Gasteiger charge is -2.11. The van der Waals surface area contributed by atoms with Crippen LogP contribution in [-0.2, 0) is 13.0 Å². The highest BCUT2D eigenvalue weighted by atomic mass is 127. The van der Waals surface area contributed by atoms with Crippen LogP contribution in [0.2, 0.25) is 0 Å². The summed E-state index contributed by atoms with van der Waals surface area (Å²) in [7, 11) is 0. The average Bonchev–Trinajstić information content (AvgIpc) is 3.01. The molecule has 126 valence electrons. The predicted octanol–water partition coefficient (Wildman–Crippen LogP) is 3.51. The molecule has 0 aliphatic heterocycles. The van der Waals surface area contributed by atoms with Gasteiger partial charge < -0.3 is 15.7 Å². The van der Waals surface area contributed by atoms with Crippen molar-refractivity contribution in [3.05, 3.63) is 52.0 Å². The molecule has 0 saturated carbocycles. The molecular weight excluding hydrogens is 428 g/mol. The normalized spacial score (nSPS) is 11.0. The molecule has 0 fully saturated rings. The molecule has 2 aromatic rings. The Bertz CT molecular complexity index is 620. The second-order valence-corrected chi connectivity index (χ2v) is 5.77. The van der Waals surface area contributed by atoms with Gasteiger partial charge in [0.25, 0.3) is 0 Å². The van der Waals surface area contributed by atoms with Crippen LogP contribution in [-0.4, -0.2) is 24.2 Å². The standard InChI is InChI=1S/C16H20FN3OS.HI/c1-2-18-16(19-8-7-13-4-3-9-22-13)20-11-12-5-6-15(21)14(17)10-12;/h3-6,9-10,21H,2,7-8,11H2,1H3,(H2,18,19,20);1H. The van der Waals surface area contributed by atoms with Gasteiger partial charge in [-0.25, -0.2) is 9.38 Å². The van der Waals surface area contributed by atoms with Crippen molar-refractivity contribution in [1.82, 2.24) is 10.6 Å². The topological polar surface area (TPSA) is 56.7 Å². The van der Waals surface area contributed by atoms with Crippen LogP contribution in [0.5, 0.6) is 5.75 Å². The average molecular weight is 449 g/mol. The zero-order valence-corrected chi connectivity index (χ0v) is 16.0. The minimum Gasteiger partial charge on any atom is -0.505 e. The van der Waals surface area contributed by atoms with Crippen LogP contribution in [0.25, 0.3) is 0 Å². The van der Waals surface area contributed by atoms with Crippen molar-refractivity contribution in [2.24, 2.45) is 4.99 Å². The molecule has 23 heavy (non-hydrogen) atoms. The molecule has 0 spiro atoms. The van der Waals surface area contributed by atoms with E-state index in [1.807, 2.05) is 13.0 Å². The van der Waals surface area contributed by atoms with Gasteiger partial charge in [0.1, 0.15) is 0 Å². The number of phenols is 1. The van der Waals surface area contributed by atoms with Gasteiger partial charge in [-0.3, -0.25) is 0 Å². The molecule has 0 aliphatic rings. The zero-order chi connectivity index (χ0) is 15.8. The molecule has 0 amide bonds. The van der Waals surface area contributed by atoms with Crippen molar-refractivity contribution < 1.29 is 9.50 Å². The molecule has 1 aromatic carbocycles. The maximum Gasteiger partial charge on any atom is 0.191 e. The molecule has 1 aromatic heterocycles. The van der Waals surface area contributed by atoms with Gasteiger partial charge in [-0.1, -0.05) is 12.1 Å². The summed E-state index contributed by atoms with van der Waals surface area (Å²) >= 11 is 1.74. The Labute approximate surface area is 156 Å². The summed E-state index contributed by atoms with van der Waals surface area (Å²) in [4.78, 5) is 5.75. The third-order valence-electron chi connectivity index (χ3n) is 3.02. The fraction of sp³-hybridized carbons (Fsp3) is 0.312. The maximum absolute atomic E-state index is 13.3. The first-order valence-electron chi connectivity index (χ1n) is 7.21. The highest BCUT2D eigenvalue weighted by Gasteiger charge is 2.02. The van der Waals surface area contributed by atoms with Crippen molar-refractivity contribution in [2.45, 2.75) is 19.9 Å². The van der Waals surface area contributed by atoms with E-state index in [9.17, 15) is 9.50 Å². The van der Waals surface area contributed by atoms with E-state index in [1.54, 1.807) is 17.4 Å². The van der Waals surface area contributed by atoms with E-state index in [1.165, 1.54) is 17.0 Å². The number of benzene rings is 1. The van der Waals surface area contributed by atoms with Crippen LogP contribution >= 0.6 is 35.3 Å². The SMILES string of the molecule is CCNC(=NCc1ccc(O)c(F)c1)NCCc1cccs1.I. The summed E-state index contributed by atoms with van der Waals surface area (Å²) in [5.74, 6) is -0.260. The van der Waals surface area contributed by atoms with Gasteiger partial charge in [-0.05, 0) is 42.5 Å². The molecule has 4 nitrogen and oxygen atoms in total. The number of aromatic hydroxyl groups is 1. The van der Waals surface area contributed by atoms with Crippen molar-refractivity contribution in [3.63, 3.8) is 0 Å². The monoisotopic (exact) mass is 449 g/mol. The number of nitrogens with zero attached hydrogens (tertiary/aromatic N) is 1. The number of nitrogens with one attached hydrogen (secondary N) is 2. The molecule has 0 aliphatic carbocycles. The van der Waals surface area contributed by atoms with Crippen LogP contribution < -0.4 is 10.6 Å². The number of phenolic OH excluding ortho intramolecular Hbond substituents is 1. The van der Waals surface area contributed by atoms with Gasteiger partial charge in [0.2, 0.25) is 0 Å². The Hall–Kier alpha value is -1.35. The third kappa shape index (κ3) is 6.74. The van der Waals surface area contributed by atoms with Crippen LogP contribution in [0.3, 0.4) is 0 Å². The second-order valence-electron chi connectivity index (χ2n) is 4.74. The first kappa shape index (κ1) is 19.7. The van der Waals surface area contributed by atoms with Crippen molar-refractivity contribution in [3.8, 4) is 5.75 Å². The molecule has 0 saturated heterocycles. The van der Waals surface area contributed by atoms with Gasteiger partial charge in [0.05, 0.1) is 6.54 Å². The fourth-order valence-corrected chi connectivity index (χ4v) is 2.63. The van der Waals surface area contributed by atoms with Crippen LogP contribution in [0.15, 0.2) is 40.7 Å². The summed E-state index contributed by atoms with van der Waals surface area (Å²) in [5.41, 5.74) is 0.714. The van der Waals surface area contributed by atoms with Crippen molar-refractivity contribution in [1.29, 1.82) is 0 Å². The van der Waals surface area contributed by atoms with E-state index < -0.39 is 5.82 Å². The number of halogens is 2. The van der Waals surface area contributed by atoms with Gasteiger partial charge in [-0.15, -0.1) is 35.3 Å². The minimum absolute atomic E-state index is 0. The lowest BCUT2D eigenvalue weighted by molar-refractivity contribution is 0.432. The van der Waals surface area contributed by atoms with E-state index in [-0.39, 0.29) is 29.7 Å². The largest absolute Gasteiger partial charge is 0.505 e. The Kier molecular flexibility index (Phi) is 8.93. The van der Waals surface area contributed by atoms with Gasteiger partial charge >= 0.3 is 0 Å². The minimum atomic E-state index is -0.622. The molecule has 0 atom stereocenters. The lowest BCUT2D eigenvalue weighted by Crippen LogP contribution is -2.38. The number of rotatable bonds is 6. The van der Waals surface area contributed by atoms with Gasteiger partial charge in [-0.2, -0.15) is 0 Å². The van der Waals surface area contributed by atoms with E-state index in [2.05, 4.69) is 27.1 Å². The Morgan fingerprint density at radius 2 is 2.13 bits per heavy atom. The lowest BCUT2D eigenvalue weighted by atomic mass is 10.2. The molecule has 0 bridgehead atoms. The predicted molar refractivity (Wildman–Crippen MR) is 104 cm³/mol. The number of hydrogen-bond donors (Lipinski definition) is 3. The molecule has 0 unspecified atom stereocenters. The quantitative estimate of drug-likeness (QED) is 0.360. The van der Waals surface area contributed by atoms with Crippen molar-refractivity contribution in [2.75, 3.05) is 13.1 Å². The Balaban J connectivity index is 0.00000264. The summed E-state index contributed by atoms with van der Waals surface area (Å²) < 4.78 is 13.3.